The van der Waals surface area contributed by atoms with Crippen LogP contribution < -0.4 is 9.47 Å². The average Bonchev–Trinajstić information content (AvgIpc) is 2.98. The highest BCUT2D eigenvalue weighted by Crippen LogP contribution is 2.35. The normalized spacial score (nSPS) is 14.1. The molecular formula is C23H17FO3. The summed E-state index contributed by atoms with van der Waals surface area (Å²) in [5.74, 6) is 0.797. The molecule has 27 heavy (non-hydrogen) atoms. The molecule has 0 saturated carbocycles. The van der Waals surface area contributed by atoms with Crippen LogP contribution in [0.1, 0.15) is 27.0 Å². The van der Waals surface area contributed by atoms with Crippen LogP contribution >= 0.6 is 0 Å². The number of carbonyl (C=O) groups is 1. The molecule has 0 amide bonds. The van der Waals surface area contributed by atoms with Crippen LogP contribution in [0, 0.1) is 12.7 Å². The summed E-state index contributed by atoms with van der Waals surface area (Å²) in [4.78, 5) is 12.5. The van der Waals surface area contributed by atoms with E-state index in [1.54, 1.807) is 36.4 Å². The van der Waals surface area contributed by atoms with Crippen LogP contribution in [0.25, 0.3) is 6.08 Å². The first-order chi connectivity index (χ1) is 13.1. The number of carbonyl (C=O) groups excluding carboxylic acids is 1. The molecule has 4 heteroatoms. The molecule has 0 aromatic heterocycles. The van der Waals surface area contributed by atoms with E-state index in [9.17, 15) is 9.18 Å². The van der Waals surface area contributed by atoms with E-state index < -0.39 is 0 Å². The Balaban J connectivity index is 1.52. The molecule has 1 aliphatic heterocycles. The molecule has 4 rings (SSSR count). The largest absolute Gasteiger partial charge is 0.489 e. The molecule has 0 atom stereocenters. The third-order valence-corrected chi connectivity index (χ3v) is 4.46. The number of ether oxygens (including phenoxy) is 2. The third kappa shape index (κ3) is 3.60. The molecule has 0 fully saturated rings. The zero-order valence-electron chi connectivity index (χ0n) is 14.7. The van der Waals surface area contributed by atoms with Gasteiger partial charge in [0.1, 0.15) is 23.9 Å². The van der Waals surface area contributed by atoms with E-state index in [1.165, 1.54) is 12.1 Å². The Kier molecular flexibility index (Phi) is 4.47. The van der Waals surface area contributed by atoms with E-state index >= 15 is 0 Å². The van der Waals surface area contributed by atoms with Gasteiger partial charge < -0.3 is 9.47 Å². The molecule has 0 bridgehead atoms. The number of ketones is 1. The third-order valence-electron chi connectivity index (χ3n) is 4.46. The number of Topliss-reactive ketones (excluding diaryl/α,β-unsaturated/α-hetero) is 1. The van der Waals surface area contributed by atoms with Gasteiger partial charge in [0.15, 0.2) is 5.76 Å². The van der Waals surface area contributed by atoms with Crippen molar-refractivity contribution in [3.63, 3.8) is 0 Å². The SMILES string of the molecule is Cc1ccccc1COc1ccc2c(c1)O/C(=C\c1ccc(F)cc1)C2=O. The molecule has 3 nitrogen and oxygen atoms in total. The second-order valence-electron chi connectivity index (χ2n) is 6.36. The number of aryl methyl sites for hydroxylation is 1. The molecule has 0 aliphatic carbocycles. The summed E-state index contributed by atoms with van der Waals surface area (Å²) in [7, 11) is 0. The fraction of sp³-hybridized carbons (Fsp3) is 0.0870. The van der Waals surface area contributed by atoms with Crippen molar-refractivity contribution < 1.29 is 18.7 Å². The molecule has 0 unspecified atom stereocenters. The lowest BCUT2D eigenvalue weighted by molar-refractivity contribution is 0.101. The number of rotatable bonds is 4. The summed E-state index contributed by atoms with van der Waals surface area (Å²) < 4.78 is 24.6. The van der Waals surface area contributed by atoms with Crippen LogP contribution in [-0.4, -0.2) is 5.78 Å². The number of hydrogen-bond acceptors (Lipinski definition) is 3. The standard InChI is InChI=1S/C23H17FO3/c1-15-4-2-3-5-17(15)14-26-19-10-11-20-21(13-19)27-22(23(20)25)12-16-6-8-18(24)9-7-16/h2-13H,14H2,1H3/b22-12-. The molecule has 0 saturated heterocycles. The Hall–Kier alpha value is -3.40. The Bertz CT molecular complexity index is 1040. The van der Waals surface area contributed by atoms with Crippen LogP contribution in [-0.2, 0) is 6.61 Å². The van der Waals surface area contributed by atoms with Crippen molar-refractivity contribution in [2.45, 2.75) is 13.5 Å². The molecule has 1 heterocycles. The minimum atomic E-state index is -0.324. The second-order valence-corrected chi connectivity index (χ2v) is 6.36. The van der Waals surface area contributed by atoms with Crippen molar-refractivity contribution in [3.8, 4) is 11.5 Å². The monoisotopic (exact) mass is 360 g/mol. The Morgan fingerprint density at radius 2 is 1.81 bits per heavy atom. The summed E-state index contributed by atoms with van der Waals surface area (Å²) >= 11 is 0. The minimum Gasteiger partial charge on any atom is -0.489 e. The van der Waals surface area contributed by atoms with Gasteiger partial charge in [-0.1, -0.05) is 36.4 Å². The first kappa shape index (κ1) is 17.0. The number of halogens is 1. The van der Waals surface area contributed by atoms with Gasteiger partial charge in [-0.05, 0) is 54.0 Å². The Labute approximate surface area is 156 Å². The molecule has 3 aromatic carbocycles. The van der Waals surface area contributed by atoms with Crippen molar-refractivity contribution in [3.05, 3.63) is 101 Å². The van der Waals surface area contributed by atoms with E-state index in [-0.39, 0.29) is 17.4 Å². The molecule has 1 aliphatic rings. The average molecular weight is 360 g/mol. The quantitative estimate of drug-likeness (QED) is 0.590. The summed E-state index contributed by atoms with van der Waals surface area (Å²) in [6, 6.07) is 19.1. The van der Waals surface area contributed by atoms with Crippen molar-refractivity contribution in [1.82, 2.24) is 0 Å². The predicted molar refractivity (Wildman–Crippen MR) is 101 cm³/mol. The zero-order chi connectivity index (χ0) is 18.8. The molecule has 0 N–H and O–H groups in total. The summed E-state index contributed by atoms with van der Waals surface area (Å²) in [6.45, 7) is 2.48. The van der Waals surface area contributed by atoms with Crippen molar-refractivity contribution in [1.29, 1.82) is 0 Å². The van der Waals surface area contributed by atoms with Crippen LogP contribution in [0.5, 0.6) is 11.5 Å². The number of benzene rings is 3. The van der Waals surface area contributed by atoms with E-state index in [4.69, 9.17) is 9.47 Å². The summed E-state index contributed by atoms with van der Waals surface area (Å²) in [6.07, 6.45) is 1.61. The van der Waals surface area contributed by atoms with Crippen LogP contribution in [0.15, 0.2) is 72.5 Å². The highest BCUT2D eigenvalue weighted by atomic mass is 19.1. The fourth-order valence-electron chi connectivity index (χ4n) is 2.90. The lowest BCUT2D eigenvalue weighted by atomic mass is 10.1. The first-order valence-electron chi connectivity index (χ1n) is 8.61. The molecule has 0 radical (unpaired) electrons. The van der Waals surface area contributed by atoms with Gasteiger partial charge in [-0.2, -0.15) is 0 Å². The Morgan fingerprint density at radius 3 is 2.59 bits per heavy atom. The molecule has 0 spiro atoms. The predicted octanol–water partition coefficient (Wildman–Crippen LogP) is 5.33. The van der Waals surface area contributed by atoms with Crippen molar-refractivity contribution in [2.24, 2.45) is 0 Å². The van der Waals surface area contributed by atoms with E-state index in [2.05, 4.69) is 0 Å². The van der Waals surface area contributed by atoms with Gasteiger partial charge in [0, 0.05) is 6.07 Å². The van der Waals surface area contributed by atoms with Gasteiger partial charge in [-0.25, -0.2) is 4.39 Å². The van der Waals surface area contributed by atoms with Crippen molar-refractivity contribution in [2.75, 3.05) is 0 Å². The maximum atomic E-state index is 13.0. The Morgan fingerprint density at radius 1 is 1.04 bits per heavy atom. The van der Waals surface area contributed by atoms with Crippen LogP contribution in [0.4, 0.5) is 4.39 Å². The minimum absolute atomic E-state index is 0.195. The van der Waals surface area contributed by atoms with Crippen molar-refractivity contribution >= 4 is 11.9 Å². The highest BCUT2D eigenvalue weighted by Gasteiger charge is 2.27. The molecule has 134 valence electrons. The maximum Gasteiger partial charge on any atom is 0.231 e. The molecule has 3 aromatic rings. The second kappa shape index (κ2) is 7.08. The lowest BCUT2D eigenvalue weighted by Gasteiger charge is -2.09. The summed E-state index contributed by atoms with van der Waals surface area (Å²) in [5, 5.41) is 0. The van der Waals surface area contributed by atoms with Crippen LogP contribution in [0.2, 0.25) is 0 Å². The molecular weight excluding hydrogens is 343 g/mol. The van der Waals surface area contributed by atoms with Gasteiger partial charge in [0.05, 0.1) is 5.56 Å². The maximum absolute atomic E-state index is 13.0. The van der Waals surface area contributed by atoms with Crippen LogP contribution in [0.3, 0.4) is 0 Å². The summed E-state index contributed by atoms with van der Waals surface area (Å²) in [5.41, 5.74) is 3.46. The number of hydrogen-bond donors (Lipinski definition) is 0. The van der Waals surface area contributed by atoms with Gasteiger partial charge >= 0.3 is 0 Å². The number of allylic oxidation sites excluding steroid dienone is 1. The van der Waals surface area contributed by atoms with E-state index in [0.29, 0.717) is 29.2 Å². The topological polar surface area (TPSA) is 35.5 Å². The van der Waals surface area contributed by atoms with E-state index in [0.717, 1.165) is 11.1 Å². The smallest absolute Gasteiger partial charge is 0.231 e. The van der Waals surface area contributed by atoms with Gasteiger partial charge in [-0.3, -0.25) is 4.79 Å². The highest BCUT2D eigenvalue weighted by molar-refractivity contribution is 6.14. The fourth-order valence-corrected chi connectivity index (χ4v) is 2.90. The number of fused-ring (bicyclic) bond motifs is 1. The lowest BCUT2D eigenvalue weighted by Crippen LogP contribution is -1.98. The van der Waals surface area contributed by atoms with Gasteiger partial charge in [-0.15, -0.1) is 0 Å². The van der Waals surface area contributed by atoms with E-state index in [1.807, 2.05) is 31.2 Å². The van der Waals surface area contributed by atoms with Gasteiger partial charge in [0.2, 0.25) is 5.78 Å². The van der Waals surface area contributed by atoms with Gasteiger partial charge in [0.25, 0.3) is 0 Å². The zero-order valence-corrected chi connectivity index (χ0v) is 14.7. The first-order valence-corrected chi connectivity index (χ1v) is 8.61.